The number of carbonyl (C=O) groups is 1. The van der Waals surface area contributed by atoms with Gasteiger partial charge in [0.05, 0.1) is 0 Å². The quantitative estimate of drug-likeness (QED) is 0.629. The van der Waals surface area contributed by atoms with Gasteiger partial charge in [-0.25, -0.2) is 0 Å². The van der Waals surface area contributed by atoms with E-state index in [-0.39, 0.29) is 11.5 Å². The van der Waals surface area contributed by atoms with E-state index in [1.807, 2.05) is 38.1 Å². The third-order valence-corrected chi connectivity index (χ3v) is 6.14. The molecule has 25 heavy (non-hydrogen) atoms. The summed E-state index contributed by atoms with van der Waals surface area (Å²) in [7, 11) is 0. The number of hydrogen-bond donors (Lipinski definition) is 2. The van der Waals surface area contributed by atoms with E-state index in [1.165, 1.54) is 25.7 Å². The van der Waals surface area contributed by atoms with E-state index in [0.29, 0.717) is 12.0 Å². The van der Waals surface area contributed by atoms with Crippen molar-refractivity contribution in [1.82, 2.24) is 5.32 Å². The van der Waals surface area contributed by atoms with Crippen LogP contribution in [0.5, 0.6) is 0 Å². The van der Waals surface area contributed by atoms with Crippen LogP contribution >= 0.6 is 0 Å². The lowest BCUT2D eigenvalue weighted by atomic mass is 9.84. The average Bonchev–Trinajstić information content (AvgIpc) is 3.22. The van der Waals surface area contributed by atoms with Crippen molar-refractivity contribution < 1.29 is 4.79 Å². The standard InChI is InChI=1S/C21H27N3O/c1-13-5-4-6-20(14(13)2)24-21(25)18(11-22)12-23-15(3)19-10-16-7-8-17(19)9-16/h4-6,12,15-17,19,23H,7-10H2,1-3H3,(H,24,25)/b18-12-. The van der Waals surface area contributed by atoms with Crippen LogP contribution < -0.4 is 10.6 Å². The molecule has 4 atom stereocenters. The maximum Gasteiger partial charge on any atom is 0.267 e. The van der Waals surface area contributed by atoms with Gasteiger partial charge in [0, 0.05) is 17.9 Å². The minimum atomic E-state index is -0.358. The number of anilines is 1. The van der Waals surface area contributed by atoms with E-state index >= 15 is 0 Å². The van der Waals surface area contributed by atoms with Crippen LogP contribution in [-0.2, 0) is 4.79 Å². The normalized spacial score (nSPS) is 26.2. The van der Waals surface area contributed by atoms with Crippen molar-refractivity contribution in [2.24, 2.45) is 17.8 Å². The van der Waals surface area contributed by atoms with Crippen molar-refractivity contribution in [3.63, 3.8) is 0 Å². The maximum atomic E-state index is 12.4. The van der Waals surface area contributed by atoms with Gasteiger partial charge < -0.3 is 10.6 Å². The van der Waals surface area contributed by atoms with Gasteiger partial charge in [0.25, 0.3) is 5.91 Å². The Bertz CT molecular complexity index is 731. The zero-order chi connectivity index (χ0) is 18.0. The van der Waals surface area contributed by atoms with E-state index < -0.39 is 0 Å². The molecule has 2 aliphatic carbocycles. The fraction of sp³-hybridized carbons (Fsp3) is 0.524. The molecule has 0 saturated heterocycles. The number of hydrogen-bond acceptors (Lipinski definition) is 3. The van der Waals surface area contributed by atoms with Gasteiger partial charge in [-0.15, -0.1) is 0 Å². The highest BCUT2D eigenvalue weighted by molar-refractivity contribution is 6.06. The number of nitrogens with one attached hydrogen (secondary N) is 2. The zero-order valence-corrected chi connectivity index (χ0v) is 15.3. The highest BCUT2D eigenvalue weighted by atomic mass is 16.1. The largest absolute Gasteiger partial charge is 0.387 e. The summed E-state index contributed by atoms with van der Waals surface area (Å²) in [5.41, 5.74) is 3.02. The van der Waals surface area contributed by atoms with Gasteiger partial charge in [-0.05, 0) is 75.0 Å². The molecule has 1 amide bonds. The van der Waals surface area contributed by atoms with Gasteiger partial charge in [0.1, 0.15) is 11.6 Å². The second-order valence-electron chi connectivity index (χ2n) is 7.67. The number of nitrogens with zero attached hydrogens (tertiary/aromatic N) is 1. The summed E-state index contributed by atoms with van der Waals surface area (Å²) in [6.45, 7) is 6.14. The summed E-state index contributed by atoms with van der Waals surface area (Å²) >= 11 is 0. The molecule has 2 fully saturated rings. The Kier molecular flexibility index (Phi) is 5.13. The summed E-state index contributed by atoms with van der Waals surface area (Å²) in [6, 6.07) is 8.09. The van der Waals surface area contributed by atoms with Crippen molar-refractivity contribution in [2.75, 3.05) is 5.32 Å². The predicted molar refractivity (Wildman–Crippen MR) is 99.8 cm³/mol. The van der Waals surface area contributed by atoms with Crippen LogP contribution in [0.3, 0.4) is 0 Å². The number of nitriles is 1. The number of carbonyl (C=O) groups excluding carboxylic acids is 1. The van der Waals surface area contributed by atoms with E-state index in [2.05, 4.69) is 17.6 Å². The van der Waals surface area contributed by atoms with Crippen LogP contribution in [0.15, 0.2) is 30.0 Å². The SMILES string of the molecule is Cc1cccc(NC(=O)/C(C#N)=C\NC(C)C2CC3CCC2C3)c1C. The summed E-state index contributed by atoms with van der Waals surface area (Å²) in [6.07, 6.45) is 6.95. The zero-order valence-electron chi connectivity index (χ0n) is 15.3. The van der Waals surface area contributed by atoms with Gasteiger partial charge in [-0.3, -0.25) is 4.79 Å². The van der Waals surface area contributed by atoms with E-state index in [0.717, 1.165) is 28.7 Å². The molecule has 4 unspecified atom stereocenters. The lowest BCUT2D eigenvalue weighted by Crippen LogP contribution is -2.34. The Hall–Kier alpha value is -2.28. The van der Waals surface area contributed by atoms with Crippen LogP contribution in [0, 0.1) is 42.9 Å². The first-order valence-corrected chi connectivity index (χ1v) is 9.23. The Morgan fingerprint density at radius 1 is 1.32 bits per heavy atom. The molecule has 132 valence electrons. The fourth-order valence-electron chi connectivity index (χ4n) is 4.47. The summed E-state index contributed by atoms with van der Waals surface area (Å²) < 4.78 is 0. The van der Waals surface area contributed by atoms with E-state index in [4.69, 9.17) is 0 Å². The molecule has 2 aliphatic rings. The monoisotopic (exact) mass is 337 g/mol. The fourth-order valence-corrected chi connectivity index (χ4v) is 4.47. The molecule has 4 heteroatoms. The third-order valence-electron chi connectivity index (χ3n) is 6.14. The van der Waals surface area contributed by atoms with Gasteiger partial charge in [0.2, 0.25) is 0 Å². The topological polar surface area (TPSA) is 64.9 Å². The van der Waals surface area contributed by atoms with Crippen molar-refractivity contribution in [2.45, 2.75) is 52.5 Å². The predicted octanol–water partition coefficient (Wildman–Crippen LogP) is 4.06. The number of benzene rings is 1. The summed E-state index contributed by atoms with van der Waals surface area (Å²) in [5.74, 6) is 2.02. The maximum absolute atomic E-state index is 12.4. The van der Waals surface area contributed by atoms with Crippen LogP contribution in [0.25, 0.3) is 0 Å². The smallest absolute Gasteiger partial charge is 0.267 e. The minimum absolute atomic E-state index is 0.121. The lowest BCUT2D eigenvalue weighted by molar-refractivity contribution is -0.112. The molecule has 0 aromatic heterocycles. The summed E-state index contributed by atoms with van der Waals surface area (Å²) in [4.78, 5) is 12.4. The van der Waals surface area contributed by atoms with Crippen LogP contribution in [0.4, 0.5) is 5.69 Å². The van der Waals surface area contributed by atoms with Gasteiger partial charge in [-0.1, -0.05) is 18.6 Å². The molecule has 3 rings (SSSR count). The molecule has 2 N–H and O–H groups in total. The first kappa shape index (κ1) is 17.5. The molecule has 0 heterocycles. The highest BCUT2D eigenvalue weighted by Gasteiger charge is 2.41. The number of aryl methyl sites for hydroxylation is 1. The van der Waals surface area contributed by atoms with Gasteiger partial charge in [-0.2, -0.15) is 5.26 Å². The molecule has 2 saturated carbocycles. The Morgan fingerprint density at radius 3 is 2.76 bits per heavy atom. The molecule has 0 spiro atoms. The molecular formula is C21H27N3O. The molecule has 1 aromatic carbocycles. The molecule has 1 aromatic rings. The first-order chi connectivity index (χ1) is 12.0. The van der Waals surface area contributed by atoms with Crippen molar-refractivity contribution in [1.29, 1.82) is 5.26 Å². The Morgan fingerprint density at radius 2 is 2.12 bits per heavy atom. The molecule has 2 bridgehead atoms. The molecule has 0 radical (unpaired) electrons. The molecular weight excluding hydrogens is 310 g/mol. The van der Waals surface area contributed by atoms with E-state index in [9.17, 15) is 10.1 Å². The molecule has 4 nitrogen and oxygen atoms in total. The van der Waals surface area contributed by atoms with Crippen molar-refractivity contribution >= 4 is 11.6 Å². The lowest BCUT2D eigenvalue weighted by Gasteiger charge is -2.28. The van der Waals surface area contributed by atoms with Crippen LogP contribution in [0.2, 0.25) is 0 Å². The van der Waals surface area contributed by atoms with Crippen molar-refractivity contribution in [3.05, 3.63) is 41.1 Å². The average molecular weight is 337 g/mol. The highest BCUT2D eigenvalue weighted by Crippen LogP contribution is 2.49. The van der Waals surface area contributed by atoms with Gasteiger partial charge in [0.15, 0.2) is 0 Å². The summed E-state index contributed by atoms with van der Waals surface area (Å²) in [5, 5.41) is 15.5. The van der Waals surface area contributed by atoms with E-state index in [1.54, 1.807) is 6.20 Å². The van der Waals surface area contributed by atoms with Crippen LogP contribution in [0.1, 0.15) is 43.7 Å². The second kappa shape index (κ2) is 7.31. The Labute approximate surface area is 150 Å². The van der Waals surface area contributed by atoms with Crippen molar-refractivity contribution in [3.8, 4) is 6.07 Å². The first-order valence-electron chi connectivity index (χ1n) is 9.23. The van der Waals surface area contributed by atoms with Crippen LogP contribution in [-0.4, -0.2) is 11.9 Å². The second-order valence-corrected chi connectivity index (χ2v) is 7.67. The molecule has 0 aliphatic heterocycles. The van der Waals surface area contributed by atoms with Gasteiger partial charge >= 0.3 is 0 Å². The third kappa shape index (κ3) is 3.71. The number of amides is 1. The minimum Gasteiger partial charge on any atom is -0.387 e. The number of rotatable bonds is 5. The number of fused-ring (bicyclic) bond motifs is 2. The Balaban J connectivity index is 1.63.